The lowest BCUT2D eigenvalue weighted by Gasteiger charge is -2.33. The maximum atomic E-state index is 10.7. The van der Waals surface area contributed by atoms with Gasteiger partial charge in [0.05, 0.1) is 6.61 Å². The lowest BCUT2D eigenvalue weighted by Crippen LogP contribution is -2.38. The average Bonchev–Trinajstić information content (AvgIpc) is 2.93. The molecule has 1 aromatic heterocycles. The Kier molecular flexibility index (Phi) is 6.42. The van der Waals surface area contributed by atoms with Crippen molar-refractivity contribution in [3.05, 3.63) is 28.0 Å². The van der Waals surface area contributed by atoms with Gasteiger partial charge in [-0.1, -0.05) is 19.3 Å². The summed E-state index contributed by atoms with van der Waals surface area (Å²) in [5.74, 6) is -0.924. The Balaban J connectivity index is 2.06. The highest BCUT2D eigenvalue weighted by atomic mass is 32.1. The van der Waals surface area contributed by atoms with Gasteiger partial charge in [-0.2, -0.15) is 0 Å². The summed E-state index contributed by atoms with van der Waals surface area (Å²) in [7, 11) is 0. The fourth-order valence-electron chi connectivity index (χ4n) is 2.94. The fourth-order valence-corrected chi connectivity index (χ4v) is 3.83. The Labute approximate surface area is 129 Å². The molecule has 1 fully saturated rings. The Morgan fingerprint density at radius 2 is 2.14 bits per heavy atom. The number of aliphatic hydroxyl groups excluding tert-OH is 1. The molecule has 1 aliphatic rings. The third kappa shape index (κ3) is 4.95. The van der Waals surface area contributed by atoms with E-state index in [1.54, 1.807) is 17.4 Å². The monoisotopic (exact) mass is 309 g/mol. The number of aliphatic carboxylic acids is 1. The van der Waals surface area contributed by atoms with E-state index < -0.39 is 5.97 Å². The second-order valence-electron chi connectivity index (χ2n) is 5.46. The largest absolute Gasteiger partial charge is 0.478 e. The van der Waals surface area contributed by atoms with Gasteiger partial charge >= 0.3 is 5.97 Å². The standard InChI is InChI=1S/C16H23NO3S/c18-10-9-17(14-4-2-1-3-5-14)12-15-13(8-11-21-15)6-7-16(19)20/h6-8,11,14,18H,1-5,9-10,12H2,(H,19,20). The Morgan fingerprint density at radius 1 is 1.38 bits per heavy atom. The first kappa shape index (κ1) is 16.2. The zero-order valence-electron chi connectivity index (χ0n) is 12.2. The Morgan fingerprint density at radius 3 is 2.81 bits per heavy atom. The maximum absolute atomic E-state index is 10.7. The lowest BCUT2D eigenvalue weighted by atomic mass is 9.94. The highest BCUT2D eigenvalue weighted by molar-refractivity contribution is 7.10. The van der Waals surface area contributed by atoms with Gasteiger partial charge in [0.1, 0.15) is 0 Å². The predicted molar refractivity (Wildman–Crippen MR) is 85.4 cm³/mol. The third-order valence-electron chi connectivity index (χ3n) is 4.01. The lowest BCUT2D eigenvalue weighted by molar-refractivity contribution is -0.131. The van der Waals surface area contributed by atoms with Crippen molar-refractivity contribution in [1.29, 1.82) is 0 Å². The van der Waals surface area contributed by atoms with E-state index in [1.807, 2.05) is 11.4 Å². The van der Waals surface area contributed by atoms with Crippen LogP contribution in [0.25, 0.3) is 6.08 Å². The minimum absolute atomic E-state index is 0.169. The quantitative estimate of drug-likeness (QED) is 0.760. The molecule has 116 valence electrons. The minimum Gasteiger partial charge on any atom is -0.478 e. The number of hydrogen-bond donors (Lipinski definition) is 2. The minimum atomic E-state index is -0.924. The zero-order chi connectivity index (χ0) is 15.1. The van der Waals surface area contributed by atoms with Gasteiger partial charge in [-0.15, -0.1) is 11.3 Å². The first-order valence-corrected chi connectivity index (χ1v) is 8.41. The molecule has 0 unspecified atom stereocenters. The third-order valence-corrected chi connectivity index (χ3v) is 4.93. The molecule has 4 nitrogen and oxygen atoms in total. The number of carbonyl (C=O) groups is 1. The van der Waals surface area contributed by atoms with E-state index in [0.717, 1.165) is 12.1 Å². The van der Waals surface area contributed by atoms with Crippen molar-refractivity contribution < 1.29 is 15.0 Å². The molecule has 2 rings (SSSR count). The molecule has 0 atom stereocenters. The molecule has 0 amide bonds. The smallest absolute Gasteiger partial charge is 0.328 e. The van der Waals surface area contributed by atoms with Crippen LogP contribution in [-0.4, -0.2) is 40.3 Å². The number of thiophene rings is 1. The first-order chi connectivity index (χ1) is 10.2. The van der Waals surface area contributed by atoms with Crippen molar-refractivity contribution in [2.75, 3.05) is 13.2 Å². The van der Waals surface area contributed by atoms with Crippen LogP contribution in [0.2, 0.25) is 0 Å². The van der Waals surface area contributed by atoms with Crippen LogP contribution in [0, 0.1) is 0 Å². The van der Waals surface area contributed by atoms with Crippen molar-refractivity contribution in [3.8, 4) is 0 Å². The van der Waals surface area contributed by atoms with Gasteiger partial charge in [0.15, 0.2) is 0 Å². The van der Waals surface area contributed by atoms with Crippen LogP contribution in [0.15, 0.2) is 17.5 Å². The SMILES string of the molecule is O=C(O)C=Cc1ccsc1CN(CCO)C1CCCCC1. The molecule has 0 bridgehead atoms. The van der Waals surface area contributed by atoms with E-state index in [9.17, 15) is 9.90 Å². The summed E-state index contributed by atoms with van der Waals surface area (Å²) in [6, 6.07) is 2.50. The predicted octanol–water partition coefficient (Wildman–Crippen LogP) is 2.97. The second-order valence-corrected chi connectivity index (χ2v) is 6.46. The Bertz CT molecular complexity index is 478. The van der Waals surface area contributed by atoms with E-state index in [1.165, 1.54) is 43.1 Å². The van der Waals surface area contributed by atoms with Gasteiger partial charge in [0.2, 0.25) is 0 Å². The highest BCUT2D eigenvalue weighted by Crippen LogP contribution is 2.27. The van der Waals surface area contributed by atoms with Gasteiger partial charge in [-0.05, 0) is 35.9 Å². The highest BCUT2D eigenvalue weighted by Gasteiger charge is 2.21. The number of nitrogens with zero attached hydrogens (tertiary/aromatic N) is 1. The summed E-state index contributed by atoms with van der Waals surface area (Å²) in [6.45, 7) is 1.65. The summed E-state index contributed by atoms with van der Waals surface area (Å²) in [6.07, 6.45) is 9.09. The van der Waals surface area contributed by atoms with E-state index in [4.69, 9.17) is 5.11 Å². The number of aliphatic hydroxyl groups is 1. The van der Waals surface area contributed by atoms with Crippen LogP contribution in [0.5, 0.6) is 0 Å². The average molecular weight is 309 g/mol. The van der Waals surface area contributed by atoms with Crippen LogP contribution < -0.4 is 0 Å². The van der Waals surface area contributed by atoms with E-state index in [2.05, 4.69) is 4.90 Å². The second kappa shape index (κ2) is 8.32. The maximum Gasteiger partial charge on any atom is 0.328 e. The van der Waals surface area contributed by atoms with Gasteiger partial charge in [0, 0.05) is 30.1 Å². The molecule has 0 aromatic carbocycles. The van der Waals surface area contributed by atoms with Crippen molar-refractivity contribution in [2.24, 2.45) is 0 Å². The molecule has 2 N–H and O–H groups in total. The molecule has 0 radical (unpaired) electrons. The molecule has 1 aliphatic carbocycles. The van der Waals surface area contributed by atoms with Crippen molar-refractivity contribution >= 4 is 23.4 Å². The van der Waals surface area contributed by atoms with Crippen LogP contribution in [-0.2, 0) is 11.3 Å². The summed E-state index contributed by atoms with van der Waals surface area (Å²) in [4.78, 5) is 14.2. The summed E-state index contributed by atoms with van der Waals surface area (Å²) >= 11 is 1.65. The molecule has 1 heterocycles. The molecule has 1 saturated carbocycles. The van der Waals surface area contributed by atoms with Crippen molar-refractivity contribution in [3.63, 3.8) is 0 Å². The fraction of sp³-hybridized carbons (Fsp3) is 0.562. The van der Waals surface area contributed by atoms with Gasteiger partial charge in [-0.25, -0.2) is 4.79 Å². The number of rotatable bonds is 7. The molecule has 0 aliphatic heterocycles. The summed E-state index contributed by atoms with van der Waals surface area (Å²) in [5, 5.41) is 20.1. The van der Waals surface area contributed by atoms with E-state index in [-0.39, 0.29) is 6.61 Å². The number of carboxylic acids is 1. The topological polar surface area (TPSA) is 60.8 Å². The molecular weight excluding hydrogens is 286 g/mol. The van der Waals surface area contributed by atoms with Crippen LogP contribution >= 0.6 is 11.3 Å². The van der Waals surface area contributed by atoms with Crippen molar-refractivity contribution in [1.82, 2.24) is 4.90 Å². The molecule has 5 heteroatoms. The molecular formula is C16H23NO3S. The molecule has 21 heavy (non-hydrogen) atoms. The van der Waals surface area contributed by atoms with Crippen LogP contribution in [0.4, 0.5) is 0 Å². The van der Waals surface area contributed by atoms with Gasteiger partial charge in [0.25, 0.3) is 0 Å². The van der Waals surface area contributed by atoms with Crippen LogP contribution in [0.1, 0.15) is 42.5 Å². The van der Waals surface area contributed by atoms with Gasteiger partial charge < -0.3 is 10.2 Å². The van der Waals surface area contributed by atoms with E-state index >= 15 is 0 Å². The first-order valence-electron chi connectivity index (χ1n) is 7.53. The zero-order valence-corrected chi connectivity index (χ0v) is 13.0. The molecule has 0 spiro atoms. The summed E-state index contributed by atoms with van der Waals surface area (Å²) < 4.78 is 0. The molecule has 0 saturated heterocycles. The number of hydrogen-bond acceptors (Lipinski definition) is 4. The number of carboxylic acid groups (broad SMARTS) is 1. The van der Waals surface area contributed by atoms with Crippen LogP contribution in [0.3, 0.4) is 0 Å². The Hall–Kier alpha value is -1.17. The van der Waals surface area contributed by atoms with Gasteiger partial charge in [-0.3, -0.25) is 4.90 Å². The van der Waals surface area contributed by atoms with Crippen molar-refractivity contribution in [2.45, 2.75) is 44.7 Å². The molecule has 1 aromatic rings. The normalized spacial score (nSPS) is 16.9. The summed E-state index contributed by atoms with van der Waals surface area (Å²) in [5.41, 5.74) is 0.973. The van der Waals surface area contributed by atoms with E-state index in [0.29, 0.717) is 12.6 Å².